The van der Waals surface area contributed by atoms with Crippen molar-refractivity contribution < 1.29 is 24.6 Å². The van der Waals surface area contributed by atoms with Crippen LogP contribution in [0.15, 0.2) is 12.1 Å². The van der Waals surface area contributed by atoms with Crippen LogP contribution in [-0.2, 0) is 0 Å². The number of rotatable bonds is 5. The van der Waals surface area contributed by atoms with Gasteiger partial charge in [-0.2, -0.15) is 0 Å². The van der Waals surface area contributed by atoms with E-state index in [0.717, 1.165) is 6.07 Å². The molecule has 0 saturated carbocycles. The average Bonchev–Trinajstić information content (AvgIpc) is 2.35. The van der Waals surface area contributed by atoms with Crippen molar-refractivity contribution in [2.24, 2.45) is 0 Å². The Morgan fingerprint density at radius 1 is 1.42 bits per heavy atom. The van der Waals surface area contributed by atoms with E-state index in [4.69, 9.17) is 14.9 Å². The zero-order valence-corrected chi connectivity index (χ0v) is 10.9. The minimum atomic E-state index is -1.76. The maximum Gasteiger partial charge on any atom is 0.315 e. The molecule has 1 aromatic carbocycles. The van der Waals surface area contributed by atoms with E-state index in [1.54, 1.807) is 0 Å². The summed E-state index contributed by atoms with van der Waals surface area (Å²) in [4.78, 5) is 10.1. The normalized spacial score (nSPS) is 11.1. The first-order chi connectivity index (χ1) is 8.42. The lowest BCUT2D eigenvalue weighted by atomic mass is 10.1. The van der Waals surface area contributed by atoms with Gasteiger partial charge in [-0.3, -0.25) is 10.1 Å². The van der Waals surface area contributed by atoms with Crippen LogP contribution in [0.1, 0.15) is 11.7 Å². The first kappa shape index (κ1) is 16.9. The zero-order chi connectivity index (χ0) is 13.9. The predicted molar refractivity (Wildman–Crippen MR) is 66.1 cm³/mol. The molecule has 1 aromatic rings. The molecule has 19 heavy (non-hydrogen) atoms. The third-order valence-corrected chi connectivity index (χ3v) is 2.24. The number of nitro benzene ring substituents is 1. The number of nitrogens with zero attached hydrogens (tertiary/aromatic N) is 1. The van der Waals surface area contributed by atoms with Crippen molar-refractivity contribution in [3.8, 4) is 11.5 Å². The summed E-state index contributed by atoms with van der Waals surface area (Å²) in [5.74, 6) is -1.38. The highest BCUT2D eigenvalue weighted by Crippen LogP contribution is 2.39. The Labute approximate surface area is 114 Å². The van der Waals surface area contributed by atoms with Crippen molar-refractivity contribution in [2.45, 2.75) is 6.10 Å². The number of ether oxygens (including phenoxy) is 2. The van der Waals surface area contributed by atoms with E-state index in [1.807, 2.05) is 0 Å². The van der Waals surface area contributed by atoms with Gasteiger partial charge in [0.2, 0.25) is 5.75 Å². The van der Waals surface area contributed by atoms with Crippen LogP contribution in [0.5, 0.6) is 11.5 Å². The Morgan fingerprint density at radius 3 is 2.37 bits per heavy atom. The molecular weight excluding hydrogens is 280 g/mol. The maximum absolute atomic E-state index is 10.9. The second kappa shape index (κ2) is 6.76. The molecule has 1 unspecified atom stereocenters. The number of benzene rings is 1. The molecule has 0 amide bonds. The minimum absolute atomic E-state index is 0. The van der Waals surface area contributed by atoms with Crippen LogP contribution in [0, 0.1) is 15.5 Å². The monoisotopic (exact) mass is 291 g/mol. The Balaban J connectivity index is 0.00000324. The molecular formula is C10H12ClN2O6-. The molecule has 0 bridgehead atoms. The summed E-state index contributed by atoms with van der Waals surface area (Å²) in [6.07, 6.45) is -1.76. The van der Waals surface area contributed by atoms with E-state index in [-0.39, 0.29) is 29.5 Å². The van der Waals surface area contributed by atoms with Gasteiger partial charge in [0.15, 0.2) is 5.75 Å². The zero-order valence-electron chi connectivity index (χ0n) is 10.1. The lowest BCUT2D eigenvalue weighted by Crippen LogP contribution is -2.24. The van der Waals surface area contributed by atoms with Crippen molar-refractivity contribution in [1.29, 1.82) is 5.41 Å². The van der Waals surface area contributed by atoms with Gasteiger partial charge in [-0.25, -0.2) is 0 Å². The molecule has 8 nitrogen and oxygen atoms in total. The summed E-state index contributed by atoms with van der Waals surface area (Å²) < 4.78 is 9.73. The highest BCUT2D eigenvalue weighted by Gasteiger charge is 2.23. The summed E-state index contributed by atoms with van der Waals surface area (Å²) >= 11 is 0. The van der Waals surface area contributed by atoms with Crippen LogP contribution in [-0.4, -0.2) is 30.1 Å². The first-order valence-electron chi connectivity index (χ1n) is 4.76. The average molecular weight is 292 g/mol. The Morgan fingerprint density at radius 2 is 2.00 bits per heavy atom. The molecule has 0 aliphatic carbocycles. The topological polar surface area (TPSA) is 129 Å². The van der Waals surface area contributed by atoms with Crippen LogP contribution in [0.2, 0.25) is 0 Å². The van der Waals surface area contributed by atoms with Crippen LogP contribution in [0.25, 0.3) is 0 Å². The van der Waals surface area contributed by atoms with E-state index in [1.165, 1.54) is 20.3 Å². The van der Waals surface area contributed by atoms with Crippen LogP contribution in [0.4, 0.5) is 5.69 Å². The minimum Gasteiger partial charge on any atom is -0.860 e. The van der Waals surface area contributed by atoms with E-state index < -0.39 is 22.6 Å². The summed E-state index contributed by atoms with van der Waals surface area (Å²) in [6.45, 7) is 0. The van der Waals surface area contributed by atoms with Crippen molar-refractivity contribution in [2.75, 3.05) is 14.2 Å². The number of nitrogens with one attached hydrogen (secondary N) is 1. The van der Waals surface area contributed by atoms with Crippen molar-refractivity contribution in [3.05, 3.63) is 27.8 Å². The highest BCUT2D eigenvalue weighted by molar-refractivity contribution is 5.85. The molecule has 0 saturated heterocycles. The Hall–Kier alpha value is -2.06. The number of aliphatic hydroxyl groups excluding tert-OH is 1. The molecule has 0 fully saturated rings. The van der Waals surface area contributed by atoms with E-state index >= 15 is 0 Å². The summed E-state index contributed by atoms with van der Waals surface area (Å²) in [7, 11) is 2.50. The van der Waals surface area contributed by atoms with Gasteiger partial charge in [0, 0.05) is 6.07 Å². The number of aliphatic hydroxyl groups is 1. The smallest absolute Gasteiger partial charge is 0.315 e. The second-order valence-electron chi connectivity index (χ2n) is 3.30. The highest BCUT2D eigenvalue weighted by atomic mass is 35.5. The fourth-order valence-electron chi connectivity index (χ4n) is 1.41. The molecule has 0 heterocycles. The Bertz CT molecular complexity index is 493. The van der Waals surface area contributed by atoms with Gasteiger partial charge in [0.25, 0.3) is 0 Å². The lowest BCUT2D eigenvalue weighted by molar-refractivity contribution is -0.385. The predicted octanol–water partition coefficient (Wildman–Crippen LogP) is 0.405. The molecule has 1 atom stereocenters. The first-order valence-corrected chi connectivity index (χ1v) is 4.76. The molecule has 1 rings (SSSR count). The molecule has 0 aliphatic heterocycles. The maximum atomic E-state index is 10.9. The van der Waals surface area contributed by atoms with E-state index in [0.29, 0.717) is 0 Å². The molecule has 0 aliphatic rings. The summed E-state index contributed by atoms with van der Waals surface area (Å²) in [5, 5.41) is 37.8. The SMILES string of the molecule is COc1cc(C(O)C(=N)[O-])cc([N+](=O)[O-])c1OC.Cl. The van der Waals surface area contributed by atoms with Gasteiger partial charge < -0.3 is 25.1 Å². The summed E-state index contributed by atoms with van der Waals surface area (Å²) in [6, 6.07) is 2.18. The van der Waals surface area contributed by atoms with Gasteiger partial charge in [0.05, 0.1) is 19.1 Å². The molecule has 0 radical (unpaired) electrons. The van der Waals surface area contributed by atoms with Crippen molar-refractivity contribution >= 4 is 24.0 Å². The van der Waals surface area contributed by atoms with E-state index in [9.17, 15) is 20.3 Å². The summed E-state index contributed by atoms with van der Waals surface area (Å²) in [5.41, 5.74) is -0.550. The molecule has 106 valence electrons. The van der Waals surface area contributed by atoms with Crippen LogP contribution >= 0.6 is 12.4 Å². The largest absolute Gasteiger partial charge is 0.860 e. The number of methoxy groups -OCH3 is 2. The van der Waals surface area contributed by atoms with Gasteiger partial charge in [0.1, 0.15) is 6.10 Å². The Kier molecular flexibility index (Phi) is 6.03. The quantitative estimate of drug-likeness (QED) is 0.350. The van der Waals surface area contributed by atoms with Gasteiger partial charge in [-0.1, -0.05) is 0 Å². The number of hydrogen-bond acceptors (Lipinski definition) is 7. The van der Waals surface area contributed by atoms with Gasteiger partial charge in [-0.15, -0.1) is 12.4 Å². The fraction of sp³-hybridized carbons (Fsp3) is 0.300. The molecule has 0 aromatic heterocycles. The molecule has 2 N–H and O–H groups in total. The van der Waals surface area contributed by atoms with Crippen LogP contribution < -0.4 is 14.6 Å². The fourth-order valence-corrected chi connectivity index (χ4v) is 1.41. The number of hydrogen-bond donors (Lipinski definition) is 2. The van der Waals surface area contributed by atoms with E-state index in [2.05, 4.69) is 0 Å². The van der Waals surface area contributed by atoms with Crippen molar-refractivity contribution in [3.63, 3.8) is 0 Å². The number of halogens is 1. The van der Waals surface area contributed by atoms with Gasteiger partial charge >= 0.3 is 5.69 Å². The third-order valence-electron chi connectivity index (χ3n) is 2.24. The second-order valence-corrected chi connectivity index (χ2v) is 3.30. The third kappa shape index (κ3) is 3.46. The standard InChI is InChI=1S/C10H12N2O6.ClH/c1-17-7-4-5(8(13)10(11)14)3-6(12(15)16)9(7)18-2;/h3-4,8,13H,1-2H3,(H2,11,14);1H/p-1. The number of nitro groups is 1. The van der Waals surface area contributed by atoms with Gasteiger partial charge in [-0.05, 0) is 17.5 Å². The lowest BCUT2D eigenvalue weighted by Gasteiger charge is -2.17. The van der Waals surface area contributed by atoms with Crippen molar-refractivity contribution in [1.82, 2.24) is 0 Å². The molecule has 0 spiro atoms. The molecule has 9 heteroatoms. The van der Waals surface area contributed by atoms with Crippen LogP contribution in [0.3, 0.4) is 0 Å².